The van der Waals surface area contributed by atoms with Gasteiger partial charge in [0.1, 0.15) is 0 Å². The molecule has 0 amide bonds. The summed E-state index contributed by atoms with van der Waals surface area (Å²) in [5.41, 5.74) is 0.535. The summed E-state index contributed by atoms with van der Waals surface area (Å²) >= 11 is 0. The van der Waals surface area contributed by atoms with Crippen molar-refractivity contribution in [3.05, 3.63) is 0 Å². The lowest BCUT2D eigenvalue weighted by atomic mass is 9.41. The maximum Gasteiger partial charge on any atom is 0.305 e. The van der Waals surface area contributed by atoms with Crippen LogP contribution < -0.4 is 0 Å². The van der Waals surface area contributed by atoms with Crippen molar-refractivity contribution in [2.75, 3.05) is 7.11 Å². The molecule has 2 N–H and O–H groups in total. The average molecular weight is 435 g/mol. The van der Waals surface area contributed by atoms with Gasteiger partial charge >= 0.3 is 5.97 Å². The molecule has 4 aliphatic rings. The molecule has 0 bridgehead atoms. The van der Waals surface area contributed by atoms with Crippen molar-refractivity contribution in [3.63, 3.8) is 0 Å². The molecule has 8 unspecified atom stereocenters. The molecule has 4 saturated carbocycles. The highest BCUT2D eigenvalue weighted by atomic mass is 16.5. The maximum absolute atomic E-state index is 11.8. The van der Waals surface area contributed by atoms with Gasteiger partial charge in [-0.2, -0.15) is 0 Å². The van der Waals surface area contributed by atoms with Gasteiger partial charge in [0.15, 0.2) is 0 Å². The Balaban J connectivity index is 1.58. The van der Waals surface area contributed by atoms with E-state index < -0.39 is 0 Å². The largest absolute Gasteiger partial charge is 0.469 e. The number of hydrogen-bond donors (Lipinski definition) is 2. The van der Waals surface area contributed by atoms with Crippen molar-refractivity contribution in [1.82, 2.24) is 0 Å². The second-order valence-corrected chi connectivity index (χ2v) is 12.2. The molecule has 11 atom stereocenters. The van der Waals surface area contributed by atoms with E-state index in [1.54, 1.807) is 0 Å². The molecule has 4 fully saturated rings. The van der Waals surface area contributed by atoms with Gasteiger partial charge in [-0.05, 0) is 104 Å². The van der Waals surface area contributed by atoms with E-state index in [0.29, 0.717) is 47.8 Å². The number of carbonyl (C=O) groups is 1. The van der Waals surface area contributed by atoms with Crippen LogP contribution in [0.1, 0.15) is 91.9 Å². The van der Waals surface area contributed by atoms with Gasteiger partial charge in [-0.15, -0.1) is 0 Å². The SMILES string of the molecule is CC[C@H]1C(O)C2C(CCC3(C)C2CCC3[C@H](C)CCC(=O)OC)C2(C)CC[C@@H](O)CC12. The van der Waals surface area contributed by atoms with Crippen molar-refractivity contribution in [3.8, 4) is 0 Å². The Morgan fingerprint density at radius 1 is 1.03 bits per heavy atom. The topological polar surface area (TPSA) is 66.8 Å². The summed E-state index contributed by atoms with van der Waals surface area (Å²) in [5, 5.41) is 22.2. The molecule has 0 heterocycles. The molecule has 4 nitrogen and oxygen atoms in total. The number of ether oxygens (including phenoxy) is 1. The summed E-state index contributed by atoms with van der Waals surface area (Å²) in [6, 6.07) is 0. The molecule has 4 rings (SSSR count). The average Bonchev–Trinajstić information content (AvgIpc) is 3.10. The Bertz CT molecular complexity index is 664. The zero-order valence-corrected chi connectivity index (χ0v) is 20.5. The molecule has 31 heavy (non-hydrogen) atoms. The first kappa shape index (κ1) is 23.5. The van der Waals surface area contributed by atoms with Crippen molar-refractivity contribution in [2.45, 2.75) is 104 Å². The Labute approximate surface area is 189 Å². The molecule has 0 aromatic rings. The fourth-order valence-corrected chi connectivity index (χ4v) is 9.58. The van der Waals surface area contributed by atoms with Crippen LogP contribution in [0.2, 0.25) is 0 Å². The maximum atomic E-state index is 11.8. The van der Waals surface area contributed by atoms with Crippen LogP contribution in [0.15, 0.2) is 0 Å². The van der Waals surface area contributed by atoms with E-state index in [-0.39, 0.29) is 29.0 Å². The molecule has 4 heteroatoms. The number of aliphatic hydroxyl groups is 2. The van der Waals surface area contributed by atoms with Gasteiger partial charge in [-0.3, -0.25) is 4.79 Å². The fraction of sp³-hybridized carbons (Fsp3) is 0.963. The van der Waals surface area contributed by atoms with E-state index in [4.69, 9.17) is 4.74 Å². The number of rotatable bonds is 5. The van der Waals surface area contributed by atoms with Crippen LogP contribution in [0.3, 0.4) is 0 Å². The van der Waals surface area contributed by atoms with E-state index in [1.165, 1.54) is 32.8 Å². The quantitative estimate of drug-likeness (QED) is 0.584. The van der Waals surface area contributed by atoms with Crippen LogP contribution in [0.5, 0.6) is 0 Å². The predicted molar refractivity (Wildman–Crippen MR) is 122 cm³/mol. The van der Waals surface area contributed by atoms with Crippen LogP contribution in [-0.4, -0.2) is 35.5 Å². The number of aliphatic hydroxyl groups excluding tert-OH is 2. The Kier molecular flexibility index (Phi) is 6.55. The van der Waals surface area contributed by atoms with E-state index in [1.807, 2.05) is 0 Å². The van der Waals surface area contributed by atoms with Gasteiger partial charge in [0.25, 0.3) is 0 Å². The zero-order chi connectivity index (χ0) is 22.6. The van der Waals surface area contributed by atoms with Gasteiger partial charge in [-0.1, -0.05) is 34.1 Å². The first-order chi connectivity index (χ1) is 14.7. The Morgan fingerprint density at radius 3 is 2.39 bits per heavy atom. The smallest absolute Gasteiger partial charge is 0.305 e. The number of fused-ring (bicyclic) bond motifs is 5. The standard InChI is InChI=1S/C27H46O4/c1-6-18-22-15-17(28)11-13-27(22,4)21-12-14-26(3)19(16(2)7-10-23(29)31-5)8-9-20(26)24(21)25(18)30/h16-22,24-25,28,30H,6-15H2,1-5H3/t16-,17-,18-,19?,20?,21?,22?,24?,25?,26?,27?/m1/s1. The van der Waals surface area contributed by atoms with E-state index >= 15 is 0 Å². The summed E-state index contributed by atoms with van der Waals surface area (Å²) < 4.78 is 4.88. The minimum absolute atomic E-state index is 0.0952. The molecule has 4 aliphatic carbocycles. The normalized spacial score (nSPS) is 50.2. The second-order valence-electron chi connectivity index (χ2n) is 12.2. The molecule has 0 spiro atoms. The monoisotopic (exact) mass is 434 g/mol. The Morgan fingerprint density at radius 2 is 1.71 bits per heavy atom. The number of methoxy groups -OCH3 is 1. The minimum atomic E-state index is -0.230. The first-order valence-electron chi connectivity index (χ1n) is 13.1. The highest BCUT2D eigenvalue weighted by molar-refractivity contribution is 5.69. The second kappa shape index (κ2) is 8.63. The van der Waals surface area contributed by atoms with E-state index in [9.17, 15) is 15.0 Å². The van der Waals surface area contributed by atoms with Crippen LogP contribution in [0, 0.1) is 52.3 Å². The summed E-state index contributed by atoms with van der Waals surface area (Å²) in [5.74, 6) is 3.41. The fourth-order valence-electron chi connectivity index (χ4n) is 9.58. The van der Waals surface area contributed by atoms with Gasteiger partial charge in [0.05, 0.1) is 19.3 Å². The van der Waals surface area contributed by atoms with E-state index in [0.717, 1.165) is 32.1 Å². The van der Waals surface area contributed by atoms with Crippen LogP contribution >= 0.6 is 0 Å². The van der Waals surface area contributed by atoms with Crippen molar-refractivity contribution < 1.29 is 19.7 Å². The first-order valence-corrected chi connectivity index (χ1v) is 13.1. The van der Waals surface area contributed by atoms with Gasteiger partial charge < -0.3 is 14.9 Å². The molecule has 178 valence electrons. The van der Waals surface area contributed by atoms with Gasteiger partial charge in [0.2, 0.25) is 0 Å². The lowest BCUT2D eigenvalue weighted by molar-refractivity contribution is -0.203. The van der Waals surface area contributed by atoms with E-state index in [2.05, 4.69) is 27.7 Å². The third-order valence-corrected chi connectivity index (χ3v) is 11.2. The lowest BCUT2D eigenvalue weighted by Gasteiger charge is -2.64. The third-order valence-electron chi connectivity index (χ3n) is 11.2. The van der Waals surface area contributed by atoms with Crippen molar-refractivity contribution in [2.24, 2.45) is 52.3 Å². The predicted octanol–water partition coefficient (Wildman–Crippen LogP) is 5.20. The highest BCUT2D eigenvalue weighted by Gasteiger charge is 2.64. The zero-order valence-electron chi connectivity index (χ0n) is 20.5. The van der Waals surface area contributed by atoms with Gasteiger partial charge in [0, 0.05) is 6.42 Å². The molecule has 0 radical (unpaired) electrons. The molecule has 0 aromatic carbocycles. The Hall–Kier alpha value is -0.610. The number of esters is 1. The molecule has 0 saturated heterocycles. The molecule has 0 aromatic heterocycles. The molecular weight excluding hydrogens is 388 g/mol. The molecular formula is C27H46O4. The van der Waals surface area contributed by atoms with Crippen LogP contribution in [-0.2, 0) is 9.53 Å². The lowest BCUT2D eigenvalue weighted by Crippen LogP contribution is -2.62. The molecule has 0 aliphatic heterocycles. The number of hydrogen-bond acceptors (Lipinski definition) is 4. The van der Waals surface area contributed by atoms with Gasteiger partial charge in [-0.25, -0.2) is 0 Å². The summed E-state index contributed by atoms with van der Waals surface area (Å²) in [6.45, 7) is 9.58. The van der Waals surface area contributed by atoms with Crippen molar-refractivity contribution >= 4 is 5.97 Å². The van der Waals surface area contributed by atoms with Crippen molar-refractivity contribution in [1.29, 1.82) is 0 Å². The summed E-state index contributed by atoms with van der Waals surface area (Å²) in [7, 11) is 1.48. The highest BCUT2D eigenvalue weighted by Crippen LogP contribution is 2.69. The third kappa shape index (κ3) is 3.68. The number of carbonyl (C=O) groups excluding carboxylic acids is 1. The summed E-state index contributed by atoms with van der Waals surface area (Å²) in [4.78, 5) is 11.7. The van der Waals surface area contributed by atoms with Crippen LogP contribution in [0.25, 0.3) is 0 Å². The minimum Gasteiger partial charge on any atom is -0.469 e. The van der Waals surface area contributed by atoms with Crippen LogP contribution in [0.4, 0.5) is 0 Å². The summed E-state index contributed by atoms with van der Waals surface area (Å²) in [6.07, 6.45) is 9.87.